The van der Waals surface area contributed by atoms with Gasteiger partial charge in [-0.15, -0.1) is 10.2 Å². The fourth-order valence-corrected chi connectivity index (χ4v) is 3.52. The zero-order chi connectivity index (χ0) is 18.7. The molecule has 0 unspecified atom stereocenters. The molecule has 136 valence electrons. The van der Waals surface area contributed by atoms with Gasteiger partial charge in [-0.05, 0) is 37.1 Å². The van der Waals surface area contributed by atoms with Crippen molar-refractivity contribution in [3.05, 3.63) is 53.1 Å². The normalized spacial score (nSPS) is 10.8. The molecular weight excluding hydrogens is 348 g/mol. The average molecular weight is 370 g/mol. The summed E-state index contributed by atoms with van der Waals surface area (Å²) in [6, 6.07) is 12.0. The van der Waals surface area contributed by atoms with Crippen LogP contribution in [0.4, 0.5) is 0 Å². The number of rotatable bonds is 6. The van der Waals surface area contributed by atoms with E-state index in [1.165, 1.54) is 22.0 Å². The Hall–Kier alpha value is -2.67. The van der Waals surface area contributed by atoms with E-state index in [0.29, 0.717) is 22.5 Å². The number of aromatic nitrogens is 3. The zero-order valence-electron chi connectivity index (χ0n) is 15.3. The molecule has 0 atom stereocenters. The van der Waals surface area contributed by atoms with Crippen molar-refractivity contribution in [2.45, 2.75) is 24.8 Å². The van der Waals surface area contributed by atoms with Crippen LogP contribution in [0.5, 0.6) is 11.5 Å². The molecule has 6 nitrogen and oxygen atoms in total. The second kappa shape index (κ2) is 7.70. The van der Waals surface area contributed by atoms with Crippen molar-refractivity contribution in [1.29, 1.82) is 0 Å². The second-order valence-electron chi connectivity index (χ2n) is 5.96. The monoisotopic (exact) mass is 370 g/mol. The number of aryl methyl sites for hydroxylation is 2. The number of nitrogens with zero attached hydrogens (tertiary/aromatic N) is 3. The zero-order valence-corrected chi connectivity index (χ0v) is 16.1. The van der Waals surface area contributed by atoms with Crippen molar-refractivity contribution < 1.29 is 9.47 Å². The number of nitrogen functional groups attached to an aromatic ring is 1. The molecule has 0 aliphatic carbocycles. The maximum Gasteiger partial charge on any atom is 0.210 e. The maximum absolute atomic E-state index is 6.20. The van der Waals surface area contributed by atoms with E-state index in [1.54, 1.807) is 14.2 Å². The molecule has 3 rings (SSSR count). The van der Waals surface area contributed by atoms with Crippen LogP contribution >= 0.6 is 11.8 Å². The van der Waals surface area contributed by atoms with E-state index in [-0.39, 0.29) is 0 Å². The highest BCUT2D eigenvalue weighted by Crippen LogP contribution is 2.33. The maximum atomic E-state index is 6.20. The van der Waals surface area contributed by atoms with Crippen LogP contribution in [0.25, 0.3) is 11.4 Å². The standard InChI is InChI=1S/C19H22N4O2S/c1-12-5-7-14(8-6-12)18-21-22-19(23(18)20)26-11-15-10-17(25-4)16(24-3)9-13(15)2/h5-10H,11,20H2,1-4H3. The van der Waals surface area contributed by atoms with Gasteiger partial charge in [-0.2, -0.15) is 0 Å². The van der Waals surface area contributed by atoms with Crippen LogP contribution in [0.2, 0.25) is 0 Å². The molecule has 0 amide bonds. The molecule has 0 aliphatic heterocycles. The SMILES string of the molecule is COc1cc(C)c(CSc2nnc(-c3ccc(C)cc3)n2N)cc1OC. The van der Waals surface area contributed by atoms with E-state index >= 15 is 0 Å². The number of thioether (sulfide) groups is 1. The van der Waals surface area contributed by atoms with E-state index in [4.69, 9.17) is 15.3 Å². The first-order valence-corrected chi connectivity index (χ1v) is 9.14. The third-order valence-electron chi connectivity index (χ3n) is 4.17. The lowest BCUT2D eigenvalue weighted by Crippen LogP contribution is -2.11. The van der Waals surface area contributed by atoms with Crippen LogP contribution in [-0.4, -0.2) is 29.1 Å². The largest absolute Gasteiger partial charge is 0.493 e. The highest BCUT2D eigenvalue weighted by molar-refractivity contribution is 7.98. The van der Waals surface area contributed by atoms with Gasteiger partial charge in [0.2, 0.25) is 5.16 Å². The van der Waals surface area contributed by atoms with E-state index in [1.807, 2.05) is 50.2 Å². The topological polar surface area (TPSA) is 75.2 Å². The van der Waals surface area contributed by atoms with Crippen molar-refractivity contribution in [2.24, 2.45) is 0 Å². The lowest BCUT2D eigenvalue weighted by Gasteiger charge is -2.12. The van der Waals surface area contributed by atoms with E-state index in [0.717, 1.165) is 22.4 Å². The molecule has 0 aliphatic rings. The molecule has 0 fully saturated rings. The molecule has 2 aromatic carbocycles. The number of benzene rings is 2. The van der Waals surface area contributed by atoms with Gasteiger partial charge >= 0.3 is 0 Å². The van der Waals surface area contributed by atoms with E-state index in [2.05, 4.69) is 10.2 Å². The van der Waals surface area contributed by atoms with Crippen molar-refractivity contribution >= 4 is 11.8 Å². The number of hydrogen-bond acceptors (Lipinski definition) is 6. The molecule has 2 N–H and O–H groups in total. The summed E-state index contributed by atoms with van der Waals surface area (Å²) < 4.78 is 12.3. The van der Waals surface area contributed by atoms with Crippen molar-refractivity contribution in [1.82, 2.24) is 14.9 Å². The van der Waals surface area contributed by atoms with Crippen molar-refractivity contribution in [2.75, 3.05) is 20.1 Å². The first-order chi connectivity index (χ1) is 12.5. The summed E-state index contributed by atoms with van der Waals surface area (Å²) in [6.45, 7) is 4.09. The summed E-state index contributed by atoms with van der Waals surface area (Å²) in [5.74, 6) is 8.99. The Bertz CT molecular complexity index is 907. The van der Waals surface area contributed by atoms with Crippen molar-refractivity contribution in [3.63, 3.8) is 0 Å². The number of ether oxygens (including phenoxy) is 2. The lowest BCUT2D eigenvalue weighted by molar-refractivity contribution is 0.354. The van der Waals surface area contributed by atoms with Gasteiger partial charge in [-0.3, -0.25) is 0 Å². The first-order valence-electron chi connectivity index (χ1n) is 8.15. The summed E-state index contributed by atoms with van der Waals surface area (Å²) in [5, 5.41) is 9.13. The minimum Gasteiger partial charge on any atom is -0.493 e. The van der Waals surface area contributed by atoms with Gasteiger partial charge in [0.1, 0.15) is 0 Å². The fraction of sp³-hybridized carbons (Fsp3) is 0.263. The molecule has 1 aromatic heterocycles. The van der Waals surface area contributed by atoms with Gasteiger partial charge in [-0.25, -0.2) is 4.68 Å². The molecule has 0 saturated carbocycles. The van der Waals surface area contributed by atoms with Crippen LogP contribution in [-0.2, 0) is 5.75 Å². The molecule has 26 heavy (non-hydrogen) atoms. The van der Waals surface area contributed by atoms with Gasteiger partial charge in [0.25, 0.3) is 0 Å². The molecule has 3 aromatic rings. The van der Waals surface area contributed by atoms with Crippen LogP contribution < -0.4 is 15.3 Å². The van der Waals surface area contributed by atoms with E-state index in [9.17, 15) is 0 Å². The predicted octanol–water partition coefficient (Wildman–Crippen LogP) is 3.59. The lowest BCUT2D eigenvalue weighted by atomic mass is 10.1. The molecular formula is C19H22N4O2S. The fourth-order valence-electron chi connectivity index (χ4n) is 2.60. The third kappa shape index (κ3) is 3.62. The minimum absolute atomic E-state index is 0.650. The molecule has 1 heterocycles. The Balaban J connectivity index is 1.80. The van der Waals surface area contributed by atoms with Crippen LogP contribution in [0, 0.1) is 13.8 Å². The Morgan fingerprint density at radius 3 is 2.31 bits per heavy atom. The number of nitrogens with two attached hydrogens (primary N) is 1. The molecule has 7 heteroatoms. The molecule has 0 saturated heterocycles. The Kier molecular flexibility index (Phi) is 5.37. The highest BCUT2D eigenvalue weighted by atomic mass is 32.2. The smallest absolute Gasteiger partial charge is 0.210 e. The average Bonchev–Trinajstić information content (AvgIpc) is 3.01. The number of methoxy groups -OCH3 is 2. The van der Waals surface area contributed by atoms with Crippen LogP contribution in [0.1, 0.15) is 16.7 Å². The summed E-state index contributed by atoms with van der Waals surface area (Å²) in [7, 11) is 3.27. The second-order valence-corrected chi connectivity index (χ2v) is 6.91. The quantitative estimate of drug-likeness (QED) is 0.528. The summed E-state index contributed by atoms with van der Waals surface area (Å²) in [6.07, 6.45) is 0. The predicted molar refractivity (Wildman–Crippen MR) is 104 cm³/mol. The van der Waals surface area contributed by atoms with E-state index < -0.39 is 0 Å². The molecule has 0 spiro atoms. The summed E-state index contributed by atoms with van der Waals surface area (Å²) in [4.78, 5) is 0. The van der Waals surface area contributed by atoms with Crippen LogP contribution in [0.15, 0.2) is 41.6 Å². The highest BCUT2D eigenvalue weighted by Gasteiger charge is 2.14. The summed E-state index contributed by atoms with van der Waals surface area (Å²) in [5.41, 5.74) is 4.39. The van der Waals surface area contributed by atoms with Gasteiger partial charge in [-0.1, -0.05) is 41.6 Å². The van der Waals surface area contributed by atoms with Gasteiger partial charge in [0.15, 0.2) is 17.3 Å². The first kappa shape index (κ1) is 18.1. The minimum atomic E-state index is 0.650. The molecule has 0 bridgehead atoms. The number of hydrogen-bond donors (Lipinski definition) is 1. The van der Waals surface area contributed by atoms with Gasteiger partial charge in [0.05, 0.1) is 14.2 Å². The van der Waals surface area contributed by atoms with Gasteiger partial charge < -0.3 is 15.3 Å². The molecule has 0 radical (unpaired) electrons. The van der Waals surface area contributed by atoms with Crippen molar-refractivity contribution in [3.8, 4) is 22.9 Å². The Morgan fingerprint density at radius 2 is 1.65 bits per heavy atom. The Labute approximate surface area is 157 Å². The summed E-state index contributed by atoms with van der Waals surface area (Å²) >= 11 is 1.53. The van der Waals surface area contributed by atoms with Gasteiger partial charge in [0, 0.05) is 11.3 Å². The Morgan fingerprint density at radius 1 is 1.00 bits per heavy atom. The van der Waals surface area contributed by atoms with Crippen LogP contribution in [0.3, 0.4) is 0 Å². The third-order valence-corrected chi connectivity index (χ3v) is 5.17.